The Kier molecular flexibility index (Phi) is 9.94. The number of hydrogen-bond donors (Lipinski definition) is 2. The maximum atomic E-state index is 4.27. The Balaban J connectivity index is 0.00000264. The van der Waals surface area contributed by atoms with Crippen molar-refractivity contribution in [1.82, 2.24) is 10.6 Å². The number of nitrogens with one attached hydrogen (secondary N) is 2. The van der Waals surface area contributed by atoms with Crippen LogP contribution in [0.4, 0.5) is 0 Å². The van der Waals surface area contributed by atoms with Gasteiger partial charge in [-0.25, -0.2) is 0 Å². The molecule has 0 fully saturated rings. The van der Waals surface area contributed by atoms with E-state index in [1.807, 2.05) is 7.05 Å². The van der Waals surface area contributed by atoms with Gasteiger partial charge in [0.05, 0.1) is 0 Å². The summed E-state index contributed by atoms with van der Waals surface area (Å²) < 4.78 is 0. The third-order valence-corrected chi connectivity index (χ3v) is 4.64. The fourth-order valence-electron chi connectivity index (χ4n) is 2.33. The van der Waals surface area contributed by atoms with E-state index in [1.165, 1.54) is 10.4 Å². The number of aliphatic imine (C=N–C) groups is 1. The van der Waals surface area contributed by atoms with Crippen LogP contribution in [0.3, 0.4) is 0 Å². The molecule has 0 aliphatic rings. The van der Waals surface area contributed by atoms with E-state index in [2.05, 4.69) is 70.4 Å². The molecule has 1 heterocycles. The summed E-state index contributed by atoms with van der Waals surface area (Å²) in [7, 11) is 1.82. The molecule has 1 atom stereocenters. The summed E-state index contributed by atoms with van der Waals surface area (Å²) in [5, 5.41) is 8.88. The lowest BCUT2D eigenvalue weighted by atomic mass is 9.98. The summed E-state index contributed by atoms with van der Waals surface area (Å²) in [5.41, 5.74) is 1.39. The predicted molar refractivity (Wildman–Crippen MR) is 112 cm³/mol. The van der Waals surface area contributed by atoms with Gasteiger partial charge in [0.1, 0.15) is 0 Å². The molecule has 126 valence electrons. The zero-order valence-electron chi connectivity index (χ0n) is 13.8. The topological polar surface area (TPSA) is 36.4 Å². The smallest absolute Gasteiger partial charge is 0.190 e. The van der Waals surface area contributed by atoms with Crippen LogP contribution in [0.2, 0.25) is 0 Å². The fraction of sp³-hybridized carbons (Fsp3) is 0.389. The molecule has 0 spiro atoms. The third-order valence-electron chi connectivity index (χ3n) is 3.71. The summed E-state index contributed by atoms with van der Waals surface area (Å²) in [4.78, 5) is 5.68. The van der Waals surface area contributed by atoms with Crippen molar-refractivity contribution < 1.29 is 0 Å². The van der Waals surface area contributed by atoms with Crippen molar-refractivity contribution in [3.8, 4) is 0 Å². The van der Waals surface area contributed by atoms with E-state index >= 15 is 0 Å². The van der Waals surface area contributed by atoms with Gasteiger partial charge in [0, 0.05) is 25.0 Å². The lowest BCUT2D eigenvalue weighted by Gasteiger charge is -2.15. The van der Waals surface area contributed by atoms with Gasteiger partial charge in [-0.2, -0.15) is 0 Å². The summed E-state index contributed by atoms with van der Waals surface area (Å²) in [5.74, 6) is 1.44. The number of benzene rings is 1. The molecule has 2 N–H and O–H groups in total. The minimum atomic E-state index is 0. The molecule has 5 heteroatoms. The van der Waals surface area contributed by atoms with Crippen molar-refractivity contribution in [2.24, 2.45) is 4.99 Å². The molecule has 3 nitrogen and oxygen atoms in total. The van der Waals surface area contributed by atoms with Gasteiger partial charge in [-0.05, 0) is 35.8 Å². The highest BCUT2D eigenvalue weighted by atomic mass is 127. The molecule has 1 aromatic heterocycles. The van der Waals surface area contributed by atoms with E-state index in [9.17, 15) is 0 Å². The molecule has 0 bridgehead atoms. The number of nitrogens with zero attached hydrogens (tertiary/aromatic N) is 1. The van der Waals surface area contributed by atoms with Crippen LogP contribution in [0.5, 0.6) is 0 Å². The summed E-state index contributed by atoms with van der Waals surface area (Å²) in [6.45, 7) is 4.10. The van der Waals surface area contributed by atoms with E-state index < -0.39 is 0 Å². The molecule has 0 aliphatic carbocycles. The molecule has 23 heavy (non-hydrogen) atoms. The van der Waals surface area contributed by atoms with Gasteiger partial charge in [-0.15, -0.1) is 35.3 Å². The first kappa shape index (κ1) is 20.0. The highest BCUT2D eigenvalue weighted by molar-refractivity contribution is 14.0. The Hall–Kier alpha value is -1.08. The minimum absolute atomic E-state index is 0. The van der Waals surface area contributed by atoms with Gasteiger partial charge in [-0.3, -0.25) is 4.99 Å². The Labute approximate surface area is 160 Å². The fourth-order valence-corrected chi connectivity index (χ4v) is 3.04. The second-order valence-corrected chi connectivity index (χ2v) is 6.39. The highest BCUT2D eigenvalue weighted by Gasteiger charge is 2.05. The standard InChI is InChI=1S/C18H25N3S.HI/c1-15(16-7-4-3-5-8-16)10-12-20-18(19-2)21-13-11-17-9-6-14-22-17;/h3-9,14-15H,10-13H2,1-2H3,(H2,19,20,21);1H. The average molecular weight is 443 g/mol. The normalized spacial score (nSPS) is 12.3. The maximum absolute atomic E-state index is 4.27. The second-order valence-electron chi connectivity index (χ2n) is 5.36. The number of guanidine groups is 1. The zero-order chi connectivity index (χ0) is 15.6. The van der Waals surface area contributed by atoms with Crippen LogP contribution in [0.25, 0.3) is 0 Å². The van der Waals surface area contributed by atoms with Crippen LogP contribution in [0.1, 0.15) is 29.7 Å². The Morgan fingerprint density at radius 1 is 1.09 bits per heavy atom. The van der Waals surface area contributed by atoms with Crippen LogP contribution < -0.4 is 10.6 Å². The monoisotopic (exact) mass is 443 g/mol. The number of halogens is 1. The van der Waals surface area contributed by atoms with Crippen molar-refractivity contribution in [3.05, 3.63) is 58.3 Å². The van der Waals surface area contributed by atoms with Gasteiger partial charge < -0.3 is 10.6 Å². The largest absolute Gasteiger partial charge is 0.356 e. The van der Waals surface area contributed by atoms with E-state index in [-0.39, 0.29) is 24.0 Å². The van der Waals surface area contributed by atoms with Gasteiger partial charge >= 0.3 is 0 Å². The van der Waals surface area contributed by atoms with Crippen LogP contribution >= 0.6 is 35.3 Å². The minimum Gasteiger partial charge on any atom is -0.356 e. The SMILES string of the molecule is CN=C(NCCc1cccs1)NCCC(C)c1ccccc1.I. The van der Waals surface area contributed by atoms with E-state index in [0.29, 0.717) is 5.92 Å². The average Bonchev–Trinajstić information content (AvgIpc) is 3.07. The van der Waals surface area contributed by atoms with Crippen LogP contribution in [0.15, 0.2) is 52.8 Å². The highest BCUT2D eigenvalue weighted by Crippen LogP contribution is 2.17. The van der Waals surface area contributed by atoms with Crippen LogP contribution in [-0.2, 0) is 6.42 Å². The predicted octanol–water partition coefficient (Wildman–Crippen LogP) is 4.27. The van der Waals surface area contributed by atoms with E-state index in [4.69, 9.17) is 0 Å². The first-order valence-corrected chi connectivity index (χ1v) is 8.69. The van der Waals surface area contributed by atoms with Gasteiger partial charge in [0.2, 0.25) is 0 Å². The molecule has 1 unspecified atom stereocenters. The van der Waals surface area contributed by atoms with Crippen molar-refractivity contribution in [1.29, 1.82) is 0 Å². The number of hydrogen-bond acceptors (Lipinski definition) is 2. The zero-order valence-corrected chi connectivity index (χ0v) is 16.9. The molecule has 1 aromatic carbocycles. The molecule has 0 saturated carbocycles. The molecular weight excluding hydrogens is 417 g/mol. The van der Waals surface area contributed by atoms with Crippen molar-refractivity contribution >= 4 is 41.3 Å². The Bertz CT molecular complexity index is 555. The van der Waals surface area contributed by atoms with Gasteiger partial charge in [-0.1, -0.05) is 43.3 Å². The second kappa shape index (κ2) is 11.5. The van der Waals surface area contributed by atoms with E-state index in [0.717, 1.165) is 31.9 Å². The van der Waals surface area contributed by atoms with Crippen LogP contribution in [-0.4, -0.2) is 26.1 Å². The Morgan fingerprint density at radius 3 is 2.48 bits per heavy atom. The van der Waals surface area contributed by atoms with Crippen molar-refractivity contribution in [2.45, 2.75) is 25.7 Å². The molecule has 2 aromatic rings. The summed E-state index contributed by atoms with van der Waals surface area (Å²) in [6.07, 6.45) is 2.13. The molecule has 0 saturated heterocycles. The molecular formula is C18H26IN3S. The quantitative estimate of drug-likeness (QED) is 0.381. The Morgan fingerprint density at radius 2 is 1.83 bits per heavy atom. The molecule has 0 radical (unpaired) electrons. The van der Waals surface area contributed by atoms with E-state index in [1.54, 1.807) is 11.3 Å². The van der Waals surface area contributed by atoms with Crippen molar-refractivity contribution in [3.63, 3.8) is 0 Å². The first-order valence-electron chi connectivity index (χ1n) is 7.81. The van der Waals surface area contributed by atoms with Crippen molar-refractivity contribution in [2.75, 3.05) is 20.1 Å². The summed E-state index contributed by atoms with van der Waals surface area (Å²) >= 11 is 1.80. The number of thiophene rings is 1. The maximum Gasteiger partial charge on any atom is 0.190 e. The molecule has 2 rings (SSSR count). The van der Waals surface area contributed by atoms with Gasteiger partial charge in [0.25, 0.3) is 0 Å². The molecule has 0 amide bonds. The van der Waals surface area contributed by atoms with Crippen LogP contribution in [0, 0.1) is 0 Å². The lowest BCUT2D eigenvalue weighted by Crippen LogP contribution is -2.38. The van der Waals surface area contributed by atoms with Gasteiger partial charge in [0.15, 0.2) is 5.96 Å². The first-order chi connectivity index (χ1) is 10.8. The lowest BCUT2D eigenvalue weighted by molar-refractivity contribution is 0.652. The summed E-state index contributed by atoms with van der Waals surface area (Å²) in [6, 6.07) is 14.9. The number of rotatable bonds is 7. The molecule has 0 aliphatic heterocycles. The third kappa shape index (κ3) is 7.35.